The van der Waals surface area contributed by atoms with Crippen LogP contribution in [0.15, 0.2) is 48.5 Å². The molecule has 1 saturated carbocycles. The Morgan fingerprint density at radius 1 is 1.15 bits per heavy atom. The van der Waals surface area contributed by atoms with Crippen molar-refractivity contribution in [2.45, 2.75) is 32.1 Å². The Balaban J connectivity index is 1.39. The van der Waals surface area contributed by atoms with Gasteiger partial charge in [0.25, 0.3) is 0 Å². The van der Waals surface area contributed by atoms with Gasteiger partial charge in [0.05, 0.1) is 6.54 Å². The highest BCUT2D eigenvalue weighted by molar-refractivity contribution is 5.93. The number of rotatable bonds is 6. The second kappa shape index (κ2) is 7.43. The number of cyclic esters (lactones) is 1. The summed E-state index contributed by atoms with van der Waals surface area (Å²) >= 11 is 0. The van der Waals surface area contributed by atoms with Gasteiger partial charge < -0.3 is 10.1 Å². The Kier molecular flexibility index (Phi) is 4.84. The molecule has 27 heavy (non-hydrogen) atoms. The highest BCUT2D eigenvalue weighted by Crippen LogP contribution is 2.44. The number of hydrogen-bond acceptors (Lipinski definition) is 3. The molecule has 1 N–H and O–H groups in total. The van der Waals surface area contributed by atoms with E-state index in [1.165, 1.54) is 24.0 Å². The van der Waals surface area contributed by atoms with E-state index >= 15 is 0 Å². The number of anilines is 2. The molecule has 0 aromatic heterocycles. The Labute approximate surface area is 159 Å². The average Bonchev–Trinajstić information content (AvgIpc) is 3.42. The third-order valence-electron chi connectivity index (χ3n) is 5.33. The third kappa shape index (κ3) is 4.13. The lowest BCUT2D eigenvalue weighted by molar-refractivity contribution is -0.116. The van der Waals surface area contributed by atoms with Crippen molar-refractivity contribution in [2.24, 2.45) is 5.92 Å². The highest BCUT2D eigenvalue weighted by atomic mass is 16.6. The van der Waals surface area contributed by atoms with Gasteiger partial charge in [-0.2, -0.15) is 0 Å². The molecule has 0 spiro atoms. The number of benzene rings is 2. The van der Waals surface area contributed by atoms with E-state index in [1.807, 2.05) is 24.3 Å². The first-order valence-corrected chi connectivity index (χ1v) is 9.51. The predicted molar refractivity (Wildman–Crippen MR) is 105 cm³/mol. The van der Waals surface area contributed by atoms with Crippen LogP contribution < -0.4 is 10.2 Å². The summed E-state index contributed by atoms with van der Waals surface area (Å²) in [6.45, 7) is 3.05. The summed E-state index contributed by atoms with van der Waals surface area (Å²) in [5.41, 5.74) is 4.02. The van der Waals surface area contributed by atoms with Gasteiger partial charge in [0.2, 0.25) is 5.91 Å². The van der Waals surface area contributed by atoms with Gasteiger partial charge in [0.15, 0.2) is 0 Å². The van der Waals surface area contributed by atoms with Gasteiger partial charge in [-0.15, -0.1) is 0 Å². The molecule has 0 bridgehead atoms. The van der Waals surface area contributed by atoms with Crippen molar-refractivity contribution in [1.29, 1.82) is 0 Å². The number of nitrogens with zero attached hydrogens (tertiary/aromatic N) is 1. The van der Waals surface area contributed by atoms with Crippen LogP contribution in [0.4, 0.5) is 16.2 Å². The maximum Gasteiger partial charge on any atom is 0.414 e. The van der Waals surface area contributed by atoms with Crippen LogP contribution >= 0.6 is 0 Å². The largest absolute Gasteiger partial charge is 0.447 e. The lowest BCUT2D eigenvalue weighted by Gasteiger charge is -2.17. The minimum atomic E-state index is -0.322. The van der Waals surface area contributed by atoms with E-state index in [-0.39, 0.29) is 17.9 Å². The third-order valence-corrected chi connectivity index (χ3v) is 5.33. The Bertz CT molecular complexity index is 826. The maximum absolute atomic E-state index is 12.6. The van der Waals surface area contributed by atoms with Gasteiger partial charge >= 0.3 is 6.09 Å². The fourth-order valence-corrected chi connectivity index (χ4v) is 3.63. The monoisotopic (exact) mass is 364 g/mol. The first kappa shape index (κ1) is 17.6. The molecular formula is C22H24N2O3. The maximum atomic E-state index is 12.6. The van der Waals surface area contributed by atoms with Crippen molar-refractivity contribution in [1.82, 2.24) is 0 Å². The standard InChI is InChI=1S/C22H24N2O3/c1-15-2-4-16(5-3-15)20(17-6-7-17)14-21(25)23-18-8-10-19(11-9-18)24-12-13-27-22(24)26/h2-5,8-11,17,20H,6-7,12-14H2,1H3,(H,23,25). The number of amides is 2. The molecule has 0 radical (unpaired) electrons. The molecular weight excluding hydrogens is 340 g/mol. The summed E-state index contributed by atoms with van der Waals surface area (Å²) in [7, 11) is 0. The van der Waals surface area contributed by atoms with Crippen molar-refractivity contribution >= 4 is 23.4 Å². The molecule has 2 aromatic rings. The van der Waals surface area contributed by atoms with Crippen molar-refractivity contribution < 1.29 is 14.3 Å². The van der Waals surface area contributed by atoms with Crippen LogP contribution in [-0.4, -0.2) is 25.2 Å². The van der Waals surface area contributed by atoms with Gasteiger partial charge in [0, 0.05) is 17.8 Å². The van der Waals surface area contributed by atoms with Gasteiger partial charge in [-0.05, 0) is 61.4 Å². The summed E-state index contributed by atoms with van der Waals surface area (Å²) in [4.78, 5) is 25.8. The molecule has 5 heteroatoms. The van der Waals surface area contributed by atoms with E-state index in [0.717, 1.165) is 11.4 Å². The molecule has 1 aliphatic carbocycles. The summed E-state index contributed by atoms with van der Waals surface area (Å²) in [5.74, 6) is 0.923. The minimum absolute atomic E-state index is 0.0285. The number of carbonyl (C=O) groups is 2. The van der Waals surface area contributed by atoms with Gasteiger partial charge in [-0.1, -0.05) is 29.8 Å². The Morgan fingerprint density at radius 3 is 2.44 bits per heavy atom. The smallest absolute Gasteiger partial charge is 0.414 e. The summed E-state index contributed by atoms with van der Waals surface area (Å²) in [6, 6.07) is 15.9. The van der Waals surface area contributed by atoms with Gasteiger partial charge in [-0.3, -0.25) is 9.69 Å². The SMILES string of the molecule is Cc1ccc(C(CC(=O)Nc2ccc(N3CCOC3=O)cc2)C2CC2)cc1. The van der Waals surface area contributed by atoms with Crippen LogP contribution in [0.2, 0.25) is 0 Å². The number of hydrogen-bond donors (Lipinski definition) is 1. The molecule has 1 heterocycles. The normalized spacial score (nSPS) is 17.5. The van der Waals surface area contributed by atoms with Gasteiger partial charge in [0.1, 0.15) is 6.61 Å². The molecule has 1 aliphatic heterocycles. The van der Waals surface area contributed by atoms with E-state index in [1.54, 1.807) is 4.90 Å². The molecule has 140 valence electrons. The summed E-state index contributed by atoms with van der Waals surface area (Å²) < 4.78 is 4.95. The summed E-state index contributed by atoms with van der Waals surface area (Å²) in [6.07, 6.45) is 2.57. The number of ether oxygens (including phenoxy) is 1. The van der Waals surface area contributed by atoms with Crippen molar-refractivity contribution in [2.75, 3.05) is 23.4 Å². The Hall–Kier alpha value is -2.82. The van der Waals surface area contributed by atoms with Crippen LogP contribution in [0.1, 0.15) is 36.3 Å². The quantitative estimate of drug-likeness (QED) is 0.822. The van der Waals surface area contributed by atoms with Gasteiger partial charge in [-0.25, -0.2) is 4.79 Å². The van der Waals surface area contributed by atoms with E-state index in [4.69, 9.17) is 4.74 Å². The zero-order chi connectivity index (χ0) is 18.8. The van der Waals surface area contributed by atoms with Crippen molar-refractivity contribution in [3.63, 3.8) is 0 Å². The number of nitrogens with one attached hydrogen (secondary N) is 1. The minimum Gasteiger partial charge on any atom is -0.447 e. The van der Waals surface area contributed by atoms with Crippen LogP contribution in [-0.2, 0) is 9.53 Å². The second-order valence-corrected chi connectivity index (χ2v) is 7.42. The topological polar surface area (TPSA) is 58.6 Å². The fourth-order valence-electron chi connectivity index (χ4n) is 3.63. The van der Waals surface area contributed by atoms with E-state index in [0.29, 0.717) is 25.5 Å². The second-order valence-electron chi connectivity index (χ2n) is 7.42. The van der Waals surface area contributed by atoms with E-state index < -0.39 is 0 Å². The molecule has 1 unspecified atom stereocenters. The van der Waals surface area contributed by atoms with Crippen LogP contribution in [0.3, 0.4) is 0 Å². The van der Waals surface area contributed by atoms with Crippen molar-refractivity contribution in [3.05, 3.63) is 59.7 Å². The van der Waals surface area contributed by atoms with Crippen molar-refractivity contribution in [3.8, 4) is 0 Å². The zero-order valence-electron chi connectivity index (χ0n) is 15.5. The number of carbonyl (C=O) groups excluding carboxylic acids is 2. The first-order chi connectivity index (χ1) is 13.1. The Morgan fingerprint density at radius 2 is 1.85 bits per heavy atom. The summed E-state index contributed by atoms with van der Waals surface area (Å²) in [5, 5.41) is 2.99. The molecule has 5 nitrogen and oxygen atoms in total. The average molecular weight is 364 g/mol. The predicted octanol–water partition coefficient (Wildman–Crippen LogP) is 4.47. The van der Waals surface area contributed by atoms with Crippen LogP contribution in [0.25, 0.3) is 0 Å². The van der Waals surface area contributed by atoms with Crippen LogP contribution in [0, 0.1) is 12.8 Å². The molecule has 2 amide bonds. The molecule has 1 atom stereocenters. The molecule has 2 aliphatic rings. The molecule has 4 rings (SSSR count). The van der Waals surface area contributed by atoms with E-state index in [9.17, 15) is 9.59 Å². The van der Waals surface area contributed by atoms with Crippen LogP contribution in [0.5, 0.6) is 0 Å². The molecule has 2 fully saturated rings. The molecule has 1 saturated heterocycles. The first-order valence-electron chi connectivity index (χ1n) is 9.51. The fraction of sp³-hybridized carbons (Fsp3) is 0.364. The zero-order valence-corrected chi connectivity index (χ0v) is 15.5. The molecule has 2 aromatic carbocycles. The lowest BCUT2D eigenvalue weighted by atomic mass is 9.90. The number of aryl methyl sites for hydroxylation is 1. The highest BCUT2D eigenvalue weighted by Gasteiger charge is 2.33. The van der Waals surface area contributed by atoms with E-state index in [2.05, 4.69) is 36.5 Å². The lowest BCUT2D eigenvalue weighted by Crippen LogP contribution is -2.23.